The molecular weight excluding hydrogens is 352 g/mol. The van der Waals surface area contributed by atoms with Crippen LogP contribution in [0.4, 0.5) is 0 Å². The van der Waals surface area contributed by atoms with E-state index >= 15 is 0 Å². The number of para-hydroxylation sites is 1. The number of methoxy groups -OCH3 is 2. The number of rotatable bonds is 5. The van der Waals surface area contributed by atoms with Crippen LogP contribution in [0.25, 0.3) is 10.9 Å². The van der Waals surface area contributed by atoms with Crippen molar-refractivity contribution in [2.75, 3.05) is 14.2 Å². The molecule has 2 aromatic carbocycles. The van der Waals surface area contributed by atoms with Crippen molar-refractivity contribution in [2.45, 2.75) is 5.92 Å². The van der Waals surface area contributed by atoms with E-state index in [4.69, 9.17) is 9.47 Å². The summed E-state index contributed by atoms with van der Waals surface area (Å²) >= 11 is 0. The number of aromatic nitrogens is 2. The second kappa shape index (κ2) is 7.56. The number of carbonyl (C=O) groups excluding carboxylic acids is 1. The van der Waals surface area contributed by atoms with Crippen molar-refractivity contribution in [3.05, 3.63) is 95.4 Å². The van der Waals surface area contributed by atoms with E-state index in [9.17, 15) is 4.79 Å². The zero-order chi connectivity index (χ0) is 19.5. The molecule has 2 heterocycles. The Morgan fingerprint density at radius 2 is 1.82 bits per heavy atom. The van der Waals surface area contributed by atoms with E-state index in [1.165, 1.54) is 7.11 Å². The molecule has 5 nitrogen and oxygen atoms in total. The van der Waals surface area contributed by atoms with E-state index in [0.29, 0.717) is 0 Å². The largest absolute Gasteiger partial charge is 0.497 e. The normalized spacial score (nSPS) is 11.9. The second-order valence-electron chi connectivity index (χ2n) is 6.44. The number of H-pyrrole nitrogens is 1. The third kappa shape index (κ3) is 3.22. The van der Waals surface area contributed by atoms with Crippen molar-refractivity contribution < 1.29 is 14.3 Å². The Kier molecular flexibility index (Phi) is 4.81. The summed E-state index contributed by atoms with van der Waals surface area (Å²) in [6.45, 7) is 0. The van der Waals surface area contributed by atoms with Crippen LogP contribution in [0.2, 0.25) is 0 Å². The molecule has 2 aromatic heterocycles. The monoisotopic (exact) mass is 372 g/mol. The van der Waals surface area contributed by atoms with Gasteiger partial charge in [0.2, 0.25) is 0 Å². The highest BCUT2D eigenvalue weighted by Gasteiger charge is 2.23. The molecule has 0 amide bonds. The van der Waals surface area contributed by atoms with Gasteiger partial charge in [-0.25, -0.2) is 9.78 Å². The Hall–Kier alpha value is -3.60. The maximum Gasteiger partial charge on any atom is 0.356 e. The van der Waals surface area contributed by atoms with Crippen molar-refractivity contribution in [3.63, 3.8) is 0 Å². The van der Waals surface area contributed by atoms with Gasteiger partial charge in [-0.15, -0.1) is 0 Å². The number of nitrogens with zero attached hydrogens (tertiary/aromatic N) is 1. The maximum absolute atomic E-state index is 12.0. The average Bonchev–Trinajstić information content (AvgIpc) is 3.17. The average molecular weight is 372 g/mol. The minimum atomic E-state index is -0.454. The van der Waals surface area contributed by atoms with E-state index in [-0.39, 0.29) is 11.6 Å². The van der Waals surface area contributed by atoms with E-state index < -0.39 is 5.97 Å². The van der Waals surface area contributed by atoms with Gasteiger partial charge in [0.15, 0.2) is 0 Å². The summed E-state index contributed by atoms with van der Waals surface area (Å²) in [5.74, 6) is 0.146. The first kappa shape index (κ1) is 17.8. The van der Waals surface area contributed by atoms with Gasteiger partial charge in [-0.05, 0) is 41.5 Å². The van der Waals surface area contributed by atoms with Crippen LogP contribution in [0.5, 0.6) is 5.75 Å². The minimum absolute atomic E-state index is 0.171. The quantitative estimate of drug-likeness (QED) is 0.523. The van der Waals surface area contributed by atoms with Crippen molar-refractivity contribution in [1.29, 1.82) is 0 Å². The SMILES string of the molecule is COC(=O)c1cccc(C(c2cccc(OC)c2)c2c[nH]c3ccccc23)n1. The van der Waals surface area contributed by atoms with E-state index in [1.807, 2.05) is 60.8 Å². The Morgan fingerprint density at radius 3 is 2.64 bits per heavy atom. The van der Waals surface area contributed by atoms with Crippen LogP contribution >= 0.6 is 0 Å². The van der Waals surface area contributed by atoms with Crippen LogP contribution in [-0.4, -0.2) is 30.2 Å². The number of aromatic amines is 1. The van der Waals surface area contributed by atoms with Crippen LogP contribution in [0.1, 0.15) is 33.2 Å². The third-order valence-electron chi connectivity index (χ3n) is 4.82. The fourth-order valence-electron chi connectivity index (χ4n) is 3.49. The highest BCUT2D eigenvalue weighted by Crippen LogP contribution is 2.36. The van der Waals surface area contributed by atoms with Crippen LogP contribution < -0.4 is 4.74 Å². The maximum atomic E-state index is 12.0. The fraction of sp³-hybridized carbons (Fsp3) is 0.130. The zero-order valence-electron chi connectivity index (χ0n) is 15.7. The molecular formula is C23H20N2O3. The molecule has 140 valence electrons. The molecule has 0 bridgehead atoms. The van der Waals surface area contributed by atoms with E-state index in [2.05, 4.69) is 16.0 Å². The number of hydrogen-bond acceptors (Lipinski definition) is 4. The molecule has 1 N–H and O–H groups in total. The fourth-order valence-corrected chi connectivity index (χ4v) is 3.49. The number of benzene rings is 2. The zero-order valence-corrected chi connectivity index (χ0v) is 15.7. The minimum Gasteiger partial charge on any atom is -0.497 e. The first-order chi connectivity index (χ1) is 13.7. The van der Waals surface area contributed by atoms with Gasteiger partial charge < -0.3 is 14.5 Å². The van der Waals surface area contributed by atoms with Gasteiger partial charge >= 0.3 is 5.97 Å². The van der Waals surface area contributed by atoms with Crippen LogP contribution in [0, 0.1) is 0 Å². The summed E-state index contributed by atoms with van der Waals surface area (Å²) in [5.41, 5.74) is 4.21. The summed E-state index contributed by atoms with van der Waals surface area (Å²) < 4.78 is 10.3. The summed E-state index contributed by atoms with van der Waals surface area (Å²) in [7, 11) is 3.01. The number of esters is 1. The summed E-state index contributed by atoms with van der Waals surface area (Å²) in [6, 6.07) is 21.5. The lowest BCUT2D eigenvalue weighted by Crippen LogP contribution is -2.10. The molecule has 0 saturated heterocycles. The van der Waals surface area contributed by atoms with Crippen molar-refractivity contribution >= 4 is 16.9 Å². The lowest BCUT2D eigenvalue weighted by atomic mass is 9.87. The molecule has 1 unspecified atom stereocenters. The molecule has 4 aromatic rings. The van der Waals surface area contributed by atoms with Gasteiger partial charge in [-0.1, -0.05) is 36.4 Å². The standard InChI is InChI=1S/C23H20N2O3/c1-27-16-8-5-7-15(13-16)22(18-14-24-19-10-4-3-9-17(18)19)20-11-6-12-21(25-20)23(26)28-2/h3-14,22,24H,1-2H3. The molecule has 5 heteroatoms. The van der Waals surface area contributed by atoms with E-state index in [0.717, 1.165) is 33.5 Å². The number of pyridine rings is 1. The Bertz CT molecular complexity index is 1130. The predicted molar refractivity (Wildman–Crippen MR) is 108 cm³/mol. The highest BCUT2D eigenvalue weighted by atomic mass is 16.5. The predicted octanol–water partition coefficient (Wildman–Crippen LogP) is 4.54. The van der Waals surface area contributed by atoms with Crippen molar-refractivity contribution in [1.82, 2.24) is 9.97 Å². The third-order valence-corrected chi connectivity index (χ3v) is 4.82. The molecule has 0 radical (unpaired) electrons. The van der Waals surface area contributed by atoms with Crippen molar-refractivity contribution in [3.8, 4) is 5.75 Å². The van der Waals surface area contributed by atoms with Gasteiger partial charge in [-0.2, -0.15) is 0 Å². The topological polar surface area (TPSA) is 64.2 Å². The van der Waals surface area contributed by atoms with Gasteiger partial charge in [0.1, 0.15) is 11.4 Å². The Balaban J connectivity index is 1.93. The van der Waals surface area contributed by atoms with Gasteiger partial charge in [0, 0.05) is 17.1 Å². The highest BCUT2D eigenvalue weighted by molar-refractivity contribution is 5.87. The molecule has 0 aliphatic heterocycles. The van der Waals surface area contributed by atoms with Gasteiger partial charge in [-0.3, -0.25) is 0 Å². The molecule has 4 rings (SSSR count). The van der Waals surface area contributed by atoms with Crippen LogP contribution in [0.15, 0.2) is 72.9 Å². The van der Waals surface area contributed by atoms with Crippen molar-refractivity contribution in [2.24, 2.45) is 0 Å². The molecule has 0 aliphatic carbocycles. The number of hydrogen-bond donors (Lipinski definition) is 1. The molecule has 0 saturated carbocycles. The van der Waals surface area contributed by atoms with Crippen LogP contribution in [0.3, 0.4) is 0 Å². The lowest BCUT2D eigenvalue weighted by Gasteiger charge is -2.18. The molecule has 0 aliphatic rings. The number of nitrogens with one attached hydrogen (secondary N) is 1. The summed E-state index contributed by atoms with van der Waals surface area (Å²) in [5, 5.41) is 1.11. The number of ether oxygens (including phenoxy) is 2. The molecule has 1 atom stereocenters. The smallest absolute Gasteiger partial charge is 0.356 e. The van der Waals surface area contributed by atoms with Gasteiger partial charge in [0.25, 0.3) is 0 Å². The molecule has 0 fully saturated rings. The van der Waals surface area contributed by atoms with Crippen LogP contribution in [-0.2, 0) is 4.74 Å². The molecule has 0 spiro atoms. The summed E-state index contributed by atoms with van der Waals surface area (Å²) in [4.78, 5) is 20.0. The second-order valence-corrected chi connectivity index (χ2v) is 6.44. The first-order valence-corrected chi connectivity index (χ1v) is 8.96. The lowest BCUT2D eigenvalue weighted by molar-refractivity contribution is 0.0593. The Labute approximate surface area is 163 Å². The first-order valence-electron chi connectivity index (χ1n) is 8.96. The number of carbonyl (C=O) groups is 1. The Morgan fingerprint density at radius 1 is 1.00 bits per heavy atom. The van der Waals surface area contributed by atoms with E-state index in [1.54, 1.807) is 13.2 Å². The summed E-state index contributed by atoms with van der Waals surface area (Å²) in [6.07, 6.45) is 2.00. The molecule has 28 heavy (non-hydrogen) atoms. The van der Waals surface area contributed by atoms with Gasteiger partial charge in [0.05, 0.1) is 25.8 Å². The number of fused-ring (bicyclic) bond motifs is 1.